The summed E-state index contributed by atoms with van der Waals surface area (Å²) < 4.78 is 7.53. The van der Waals surface area contributed by atoms with E-state index in [0.29, 0.717) is 41.2 Å². The summed E-state index contributed by atoms with van der Waals surface area (Å²) in [7, 11) is 0. The highest BCUT2D eigenvalue weighted by atomic mass is 16.5. The van der Waals surface area contributed by atoms with Gasteiger partial charge in [-0.25, -0.2) is 14.6 Å². The number of benzene rings is 1. The Balaban J connectivity index is 1.53. The summed E-state index contributed by atoms with van der Waals surface area (Å²) in [6, 6.07) is 9.41. The summed E-state index contributed by atoms with van der Waals surface area (Å²) in [5, 5.41) is 27.8. The van der Waals surface area contributed by atoms with E-state index in [-0.39, 0.29) is 5.91 Å². The number of aliphatic hydroxyl groups is 1. The summed E-state index contributed by atoms with van der Waals surface area (Å²) in [5.41, 5.74) is 3.47. The number of hydrogen-bond donors (Lipinski definition) is 4. The predicted octanol–water partition coefficient (Wildman–Crippen LogP) is 3.30. The van der Waals surface area contributed by atoms with Gasteiger partial charge in [-0.15, -0.1) is 5.10 Å². The maximum absolute atomic E-state index is 12.5. The number of carbonyl (C=O) groups excluding carboxylic acids is 1. The van der Waals surface area contributed by atoms with Crippen molar-refractivity contribution in [2.24, 2.45) is 0 Å². The first-order chi connectivity index (χ1) is 16.3. The molecule has 1 fully saturated rings. The number of nitrogens with zero attached hydrogens (tertiary/aromatic N) is 4. The molecule has 4 N–H and O–H groups in total. The highest BCUT2D eigenvalue weighted by molar-refractivity contribution is 5.96. The minimum Gasteiger partial charge on any atom is -0.420 e. The average molecular weight is 462 g/mol. The van der Waals surface area contributed by atoms with Crippen molar-refractivity contribution >= 4 is 17.2 Å². The number of ether oxygens (including phenoxy) is 1. The Hall–Kier alpha value is -3.92. The molecule has 0 spiro atoms. The summed E-state index contributed by atoms with van der Waals surface area (Å²) >= 11 is 0. The van der Waals surface area contributed by atoms with Crippen LogP contribution in [0.15, 0.2) is 42.7 Å². The molecule has 0 atom stereocenters. The van der Waals surface area contributed by atoms with Gasteiger partial charge >= 0.3 is 0 Å². The van der Waals surface area contributed by atoms with Crippen molar-refractivity contribution in [2.75, 3.05) is 11.9 Å². The smallest absolute Gasteiger partial charge is 0.251 e. The molecule has 1 aromatic carbocycles. The fraction of sp³-hybridized carbons (Fsp3) is 0.333. The molecule has 5 rings (SSSR count). The van der Waals surface area contributed by atoms with Gasteiger partial charge in [-0.05, 0) is 51.3 Å². The number of fused-ring (bicyclic) bond motifs is 1. The van der Waals surface area contributed by atoms with Crippen molar-refractivity contribution in [2.45, 2.75) is 45.3 Å². The lowest BCUT2D eigenvalue weighted by atomic mass is 10.0. The first-order valence-corrected chi connectivity index (χ1v) is 11.2. The van der Waals surface area contributed by atoms with Crippen LogP contribution in [0.25, 0.3) is 16.9 Å². The molecule has 1 aliphatic carbocycles. The lowest BCUT2D eigenvalue weighted by Gasteiger charge is -2.19. The molecule has 10 nitrogen and oxygen atoms in total. The number of aromatic nitrogens is 5. The maximum atomic E-state index is 12.5. The number of aromatic amines is 1. The van der Waals surface area contributed by atoms with Crippen molar-refractivity contribution < 1.29 is 14.6 Å². The van der Waals surface area contributed by atoms with E-state index in [2.05, 4.69) is 30.9 Å². The second kappa shape index (κ2) is 8.45. The molecule has 10 heteroatoms. The van der Waals surface area contributed by atoms with Crippen LogP contribution in [0, 0.1) is 6.92 Å². The van der Waals surface area contributed by atoms with Crippen LogP contribution in [0.5, 0.6) is 11.8 Å². The highest BCUT2D eigenvalue weighted by Crippen LogP contribution is 2.30. The molecular weight excluding hydrogens is 434 g/mol. The Bertz CT molecular complexity index is 1330. The van der Waals surface area contributed by atoms with Crippen molar-refractivity contribution in [1.29, 1.82) is 0 Å². The monoisotopic (exact) mass is 461 g/mol. The van der Waals surface area contributed by atoms with Crippen molar-refractivity contribution in [3.05, 3.63) is 53.9 Å². The second-order valence-corrected chi connectivity index (χ2v) is 9.24. The van der Waals surface area contributed by atoms with Crippen molar-refractivity contribution in [3.8, 4) is 23.0 Å². The number of hydrogen-bond acceptors (Lipinski definition) is 7. The van der Waals surface area contributed by atoms with E-state index in [0.717, 1.165) is 29.7 Å². The number of anilines is 1. The molecule has 4 aromatic rings. The molecule has 0 saturated heterocycles. The third-order valence-corrected chi connectivity index (χ3v) is 5.53. The minimum atomic E-state index is -0.923. The largest absolute Gasteiger partial charge is 0.420 e. The summed E-state index contributed by atoms with van der Waals surface area (Å²) in [5.74, 6) is 0.728. The Kier molecular flexibility index (Phi) is 5.45. The van der Waals surface area contributed by atoms with Crippen molar-refractivity contribution in [1.82, 2.24) is 30.1 Å². The van der Waals surface area contributed by atoms with Crippen LogP contribution in [-0.2, 0) is 0 Å². The molecule has 0 radical (unpaired) electrons. The first kappa shape index (κ1) is 21.9. The highest BCUT2D eigenvalue weighted by Gasteiger charge is 2.24. The van der Waals surface area contributed by atoms with Gasteiger partial charge in [-0.1, -0.05) is 6.07 Å². The average Bonchev–Trinajstić information content (AvgIpc) is 3.26. The Morgan fingerprint density at radius 2 is 2.12 bits per heavy atom. The van der Waals surface area contributed by atoms with Crippen LogP contribution in [-0.4, -0.2) is 54.0 Å². The lowest BCUT2D eigenvalue weighted by molar-refractivity contribution is 0.0940. The van der Waals surface area contributed by atoms with Crippen molar-refractivity contribution in [3.63, 3.8) is 0 Å². The number of amides is 1. The van der Waals surface area contributed by atoms with E-state index in [4.69, 9.17) is 4.74 Å². The summed E-state index contributed by atoms with van der Waals surface area (Å²) in [6.45, 7) is 5.68. The second-order valence-electron chi connectivity index (χ2n) is 9.24. The predicted molar refractivity (Wildman–Crippen MR) is 127 cm³/mol. The van der Waals surface area contributed by atoms with Gasteiger partial charge in [-0.2, -0.15) is 5.10 Å². The van der Waals surface area contributed by atoms with Crippen LogP contribution in [0.3, 0.4) is 0 Å². The third-order valence-electron chi connectivity index (χ3n) is 5.53. The molecule has 1 amide bonds. The van der Waals surface area contributed by atoms with E-state index in [9.17, 15) is 9.90 Å². The molecule has 176 valence electrons. The number of imidazole rings is 1. The standard InChI is InChI=1S/C24H27N7O3/c1-14-10-15(4-7-17(14)23(32)28-16-5-6-16)19-12-25-22-18(26-13-24(2,3)33)11-21(30-31(19)22)34-20-8-9-27-29-20/h4,7-12,16,26,33H,5-6,13H2,1-3H3,(H,27,29)(H,28,32). The van der Waals surface area contributed by atoms with Crippen LogP contribution < -0.4 is 15.4 Å². The maximum Gasteiger partial charge on any atom is 0.251 e. The zero-order chi connectivity index (χ0) is 23.9. The topological polar surface area (TPSA) is 129 Å². The van der Waals surface area contributed by atoms with E-state index in [1.165, 1.54) is 0 Å². The lowest BCUT2D eigenvalue weighted by Crippen LogP contribution is -2.29. The number of rotatable bonds is 8. The molecule has 0 bridgehead atoms. The molecule has 34 heavy (non-hydrogen) atoms. The number of nitrogens with one attached hydrogen (secondary N) is 3. The van der Waals surface area contributed by atoms with Gasteiger partial charge in [0.1, 0.15) is 0 Å². The Labute approximate surface area is 196 Å². The van der Waals surface area contributed by atoms with E-state index < -0.39 is 5.60 Å². The van der Waals surface area contributed by atoms with E-state index in [1.54, 1.807) is 42.9 Å². The van der Waals surface area contributed by atoms with Gasteiger partial charge in [0.25, 0.3) is 5.91 Å². The van der Waals surface area contributed by atoms with Crippen LogP contribution in [0.2, 0.25) is 0 Å². The van der Waals surface area contributed by atoms with Gasteiger partial charge in [0.2, 0.25) is 11.8 Å². The SMILES string of the molecule is Cc1cc(-c2cnc3c(NCC(C)(C)O)cc(Oc4ccn[nH]4)nn23)ccc1C(=O)NC1CC1. The molecule has 1 aliphatic rings. The molecule has 0 unspecified atom stereocenters. The van der Waals surface area contributed by atoms with Crippen LogP contribution in [0.4, 0.5) is 5.69 Å². The van der Waals surface area contributed by atoms with Gasteiger partial charge in [0.15, 0.2) is 5.65 Å². The molecule has 3 heterocycles. The zero-order valence-electron chi connectivity index (χ0n) is 19.3. The van der Waals surface area contributed by atoms with Gasteiger partial charge in [0, 0.05) is 35.8 Å². The first-order valence-electron chi connectivity index (χ1n) is 11.2. The van der Waals surface area contributed by atoms with E-state index in [1.807, 2.05) is 25.1 Å². The van der Waals surface area contributed by atoms with E-state index >= 15 is 0 Å². The van der Waals surface area contributed by atoms with Crippen LogP contribution >= 0.6 is 0 Å². The third kappa shape index (κ3) is 4.72. The minimum absolute atomic E-state index is 0.0452. The van der Waals surface area contributed by atoms with Gasteiger partial charge < -0.3 is 20.5 Å². The number of carbonyl (C=O) groups is 1. The zero-order valence-corrected chi connectivity index (χ0v) is 19.3. The number of H-pyrrole nitrogens is 1. The van der Waals surface area contributed by atoms with Gasteiger partial charge in [0.05, 0.1) is 29.4 Å². The Morgan fingerprint density at radius 1 is 1.29 bits per heavy atom. The fourth-order valence-electron chi connectivity index (χ4n) is 3.62. The normalized spacial score (nSPS) is 13.8. The Morgan fingerprint density at radius 3 is 2.79 bits per heavy atom. The number of aryl methyl sites for hydroxylation is 1. The molecule has 1 saturated carbocycles. The molecule has 3 aromatic heterocycles. The summed E-state index contributed by atoms with van der Waals surface area (Å²) in [4.78, 5) is 17.1. The fourth-order valence-corrected chi connectivity index (χ4v) is 3.62. The quantitative estimate of drug-likeness (QED) is 0.317. The van der Waals surface area contributed by atoms with Crippen LogP contribution in [0.1, 0.15) is 42.6 Å². The summed E-state index contributed by atoms with van der Waals surface area (Å²) in [6.07, 6.45) is 5.41. The molecule has 0 aliphatic heterocycles. The van der Waals surface area contributed by atoms with Gasteiger partial charge in [-0.3, -0.25) is 4.79 Å². The molecular formula is C24H27N7O3.